The third-order valence-corrected chi connectivity index (χ3v) is 4.69. The summed E-state index contributed by atoms with van der Waals surface area (Å²) in [6.45, 7) is 11.0. The number of benzene rings is 1. The van der Waals surface area contributed by atoms with E-state index < -0.39 is 5.41 Å². The number of carbonyl (C=O) groups excluding carboxylic acids is 2. The molecule has 1 heterocycles. The Labute approximate surface area is 144 Å². The molecule has 1 aliphatic heterocycles. The second-order valence-electron chi connectivity index (χ2n) is 8.36. The van der Waals surface area contributed by atoms with Crippen molar-refractivity contribution < 1.29 is 9.59 Å². The average molecular weight is 331 g/mol. The minimum atomic E-state index is -0.518. The summed E-state index contributed by atoms with van der Waals surface area (Å²) in [5.74, 6) is -0.163. The fourth-order valence-electron chi connectivity index (χ4n) is 2.81. The maximum atomic E-state index is 13.0. The highest BCUT2D eigenvalue weighted by atomic mass is 16.2. The van der Waals surface area contributed by atoms with Crippen LogP contribution >= 0.6 is 0 Å². The lowest BCUT2D eigenvalue weighted by atomic mass is 9.79. The lowest BCUT2D eigenvalue weighted by Gasteiger charge is -2.42. The second kappa shape index (κ2) is 6.55. The van der Waals surface area contributed by atoms with Gasteiger partial charge < -0.3 is 16.0 Å². The number of anilines is 1. The second-order valence-corrected chi connectivity index (χ2v) is 8.36. The summed E-state index contributed by atoms with van der Waals surface area (Å²) in [7, 11) is 0. The number of piperidine rings is 1. The summed E-state index contributed by atoms with van der Waals surface area (Å²) in [6.07, 6.45) is 0.787. The molecule has 1 unspecified atom stereocenters. The zero-order chi connectivity index (χ0) is 18.1. The van der Waals surface area contributed by atoms with Gasteiger partial charge in [-0.3, -0.25) is 9.59 Å². The van der Waals surface area contributed by atoms with Crippen molar-refractivity contribution in [3.05, 3.63) is 29.8 Å². The van der Waals surface area contributed by atoms with Crippen LogP contribution in [-0.4, -0.2) is 35.8 Å². The molecular weight excluding hydrogens is 302 g/mol. The van der Waals surface area contributed by atoms with Crippen LogP contribution in [-0.2, 0) is 4.79 Å². The van der Waals surface area contributed by atoms with Crippen LogP contribution < -0.4 is 11.1 Å². The quantitative estimate of drug-likeness (QED) is 0.875. The monoisotopic (exact) mass is 331 g/mol. The topological polar surface area (TPSA) is 75.4 Å². The van der Waals surface area contributed by atoms with Gasteiger partial charge in [-0.1, -0.05) is 46.8 Å². The molecule has 3 N–H and O–H groups in total. The van der Waals surface area contributed by atoms with E-state index in [1.54, 1.807) is 12.1 Å². The third-order valence-electron chi connectivity index (χ3n) is 4.69. The van der Waals surface area contributed by atoms with Crippen LogP contribution in [0.3, 0.4) is 0 Å². The number of carbonyl (C=O) groups is 2. The van der Waals surface area contributed by atoms with Crippen LogP contribution in [0.25, 0.3) is 0 Å². The molecule has 0 spiro atoms. The van der Waals surface area contributed by atoms with Gasteiger partial charge in [0.05, 0.1) is 11.3 Å². The zero-order valence-corrected chi connectivity index (χ0v) is 15.3. The first-order chi connectivity index (χ1) is 11.0. The fraction of sp³-hybridized carbons (Fsp3) is 0.579. The number of para-hydroxylation sites is 1. The van der Waals surface area contributed by atoms with Crippen LogP contribution in [0.4, 0.5) is 5.69 Å². The van der Waals surface area contributed by atoms with Crippen LogP contribution in [0.2, 0.25) is 0 Å². The van der Waals surface area contributed by atoms with E-state index in [4.69, 9.17) is 5.73 Å². The minimum Gasteiger partial charge on any atom is -0.338 e. The normalized spacial score (nSPS) is 20.6. The van der Waals surface area contributed by atoms with Gasteiger partial charge in [0.1, 0.15) is 0 Å². The Kier molecular flexibility index (Phi) is 5.04. The molecule has 1 fully saturated rings. The molecule has 0 saturated carbocycles. The predicted molar refractivity (Wildman–Crippen MR) is 96.8 cm³/mol. The van der Waals surface area contributed by atoms with Crippen molar-refractivity contribution in [1.29, 1.82) is 0 Å². The molecule has 1 aromatic carbocycles. The Morgan fingerprint density at radius 1 is 1.25 bits per heavy atom. The highest BCUT2D eigenvalue weighted by Crippen LogP contribution is 2.30. The van der Waals surface area contributed by atoms with Gasteiger partial charge >= 0.3 is 0 Å². The molecule has 2 rings (SSSR count). The maximum Gasteiger partial charge on any atom is 0.255 e. The van der Waals surface area contributed by atoms with E-state index in [9.17, 15) is 9.59 Å². The molecule has 132 valence electrons. The Bertz CT molecular complexity index is 632. The molecule has 0 aliphatic carbocycles. The van der Waals surface area contributed by atoms with Crippen molar-refractivity contribution in [3.8, 4) is 0 Å². The molecule has 5 heteroatoms. The number of amides is 2. The fourth-order valence-corrected chi connectivity index (χ4v) is 2.81. The van der Waals surface area contributed by atoms with Gasteiger partial charge in [0.15, 0.2) is 0 Å². The number of rotatable bonds is 2. The van der Waals surface area contributed by atoms with Crippen molar-refractivity contribution >= 4 is 17.5 Å². The number of hydrogen-bond donors (Lipinski definition) is 2. The molecule has 1 atom stereocenters. The van der Waals surface area contributed by atoms with Gasteiger partial charge in [-0.25, -0.2) is 0 Å². The number of nitrogens with two attached hydrogens (primary N) is 1. The van der Waals surface area contributed by atoms with Crippen molar-refractivity contribution in [2.24, 2.45) is 16.6 Å². The molecule has 2 amide bonds. The lowest BCUT2D eigenvalue weighted by molar-refractivity contribution is -0.123. The molecule has 24 heavy (non-hydrogen) atoms. The summed E-state index contributed by atoms with van der Waals surface area (Å²) in [4.78, 5) is 27.1. The highest BCUT2D eigenvalue weighted by molar-refractivity contribution is 6.04. The van der Waals surface area contributed by atoms with Gasteiger partial charge in [-0.15, -0.1) is 0 Å². The third kappa shape index (κ3) is 3.96. The molecule has 1 aromatic rings. The van der Waals surface area contributed by atoms with E-state index in [0.29, 0.717) is 24.3 Å². The van der Waals surface area contributed by atoms with Gasteiger partial charge in [-0.05, 0) is 24.0 Å². The van der Waals surface area contributed by atoms with Crippen LogP contribution in [0.15, 0.2) is 24.3 Å². The van der Waals surface area contributed by atoms with Crippen molar-refractivity contribution in [2.75, 3.05) is 18.4 Å². The van der Waals surface area contributed by atoms with Crippen LogP contribution in [0.1, 0.15) is 51.4 Å². The van der Waals surface area contributed by atoms with Gasteiger partial charge in [0, 0.05) is 24.5 Å². The summed E-state index contributed by atoms with van der Waals surface area (Å²) in [6, 6.07) is 7.28. The molecule has 5 nitrogen and oxygen atoms in total. The average Bonchev–Trinajstić information content (AvgIpc) is 2.49. The first kappa shape index (κ1) is 18.5. The highest BCUT2D eigenvalue weighted by Gasteiger charge is 2.36. The number of nitrogens with one attached hydrogen (secondary N) is 1. The first-order valence-corrected chi connectivity index (χ1v) is 8.48. The van der Waals surface area contributed by atoms with E-state index in [2.05, 4.69) is 19.2 Å². The van der Waals surface area contributed by atoms with Crippen LogP contribution in [0.5, 0.6) is 0 Å². The maximum absolute atomic E-state index is 13.0. The van der Waals surface area contributed by atoms with Gasteiger partial charge in [-0.2, -0.15) is 0 Å². The Balaban J connectivity index is 2.23. The SMILES string of the molecule is CC(C)(C)C(=O)Nc1ccccc1C(=O)N1CCC(N)C(C)(C)C1. The predicted octanol–water partition coefficient (Wildman–Crippen LogP) is 2.87. The standard InChI is InChI=1S/C19H29N3O2/c1-18(2,3)17(24)21-14-9-7-6-8-13(14)16(23)22-11-10-15(20)19(4,5)12-22/h6-9,15H,10-12,20H2,1-5H3,(H,21,24). The molecule has 1 saturated heterocycles. The Morgan fingerprint density at radius 3 is 2.46 bits per heavy atom. The molecule has 0 bridgehead atoms. The first-order valence-electron chi connectivity index (χ1n) is 8.48. The van der Waals surface area contributed by atoms with Gasteiger partial charge in [0.25, 0.3) is 5.91 Å². The largest absolute Gasteiger partial charge is 0.338 e. The molecule has 0 radical (unpaired) electrons. The van der Waals surface area contributed by atoms with Crippen LogP contribution in [0, 0.1) is 10.8 Å². The Morgan fingerprint density at radius 2 is 1.88 bits per heavy atom. The summed E-state index contributed by atoms with van der Waals surface area (Å²) in [5.41, 5.74) is 6.62. The Hall–Kier alpha value is -1.88. The molecule has 0 aromatic heterocycles. The minimum absolute atomic E-state index is 0.0558. The lowest BCUT2D eigenvalue weighted by Crippen LogP contribution is -2.54. The number of hydrogen-bond acceptors (Lipinski definition) is 3. The number of nitrogens with zero attached hydrogens (tertiary/aromatic N) is 1. The van der Waals surface area contributed by atoms with E-state index in [1.807, 2.05) is 37.8 Å². The van der Waals surface area contributed by atoms with E-state index >= 15 is 0 Å². The smallest absolute Gasteiger partial charge is 0.255 e. The molecular formula is C19H29N3O2. The number of likely N-dealkylation sites (tertiary alicyclic amines) is 1. The molecule has 1 aliphatic rings. The van der Waals surface area contributed by atoms with E-state index in [-0.39, 0.29) is 23.3 Å². The summed E-state index contributed by atoms with van der Waals surface area (Å²) < 4.78 is 0. The zero-order valence-electron chi connectivity index (χ0n) is 15.3. The van der Waals surface area contributed by atoms with E-state index in [1.165, 1.54) is 0 Å². The summed E-state index contributed by atoms with van der Waals surface area (Å²) in [5, 5.41) is 2.89. The van der Waals surface area contributed by atoms with Gasteiger partial charge in [0.2, 0.25) is 5.91 Å². The van der Waals surface area contributed by atoms with Crippen molar-refractivity contribution in [1.82, 2.24) is 4.90 Å². The van der Waals surface area contributed by atoms with Crippen molar-refractivity contribution in [3.63, 3.8) is 0 Å². The van der Waals surface area contributed by atoms with Crippen molar-refractivity contribution in [2.45, 2.75) is 47.1 Å². The van der Waals surface area contributed by atoms with E-state index in [0.717, 1.165) is 6.42 Å². The summed E-state index contributed by atoms with van der Waals surface area (Å²) >= 11 is 0.